The van der Waals surface area contributed by atoms with Crippen LogP contribution in [-0.4, -0.2) is 44.3 Å². The largest absolute Gasteiger partial charge is 0.384 e. The molecule has 0 aliphatic carbocycles. The monoisotopic (exact) mass is 236 g/mol. The fourth-order valence-corrected chi connectivity index (χ4v) is 2.28. The van der Waals surface area contributed by atoms with E-state index < -0.39 is 0 Å². The van der Waals surface area contributed by atoms with Crippen molar-refractivity contribution in [2.24, 2.45) is 11.1 Å². The van der Waals surface area contributed by atoms with Gasteiger partial charge in [0.1, 0.15) is 0 Å². The summed E-state index contributed by atoms with van der Waals surface area (Å²) in [5, 5.41) is 0. The molecule has 0 aromatic carbocycles. The summed E-state index contributed by atoms with van der Waals surface area (Å²) in [7, 11) is 1.77. The van der Waals surface area contributed by atoms with Gasteiger partial charge >= 0.3 is 0 Å². The number of rotatable bonds is 4. The van der Waals surface area contributed by atoms with Gasteiger partial charge in [-0.05, 0) is 19.4 Å². The van der Waals surface area contributed by atoms with Gasteiger partial charge in [-0.3, -0.25) is 0 Å². The fraction of sp³-hybridized carbons (Fsp3) is 1.00. The van der Waals surface area contributed by atoms with Gasteiger partial charge in [0.15, 0.2) is 0 Å². The molecule has 0 bridgehead atoms. The van der Waals surface area contributed by atoms with Crippen LogP contribution in [0.15, 0.2) is 0 Å². The predicted octanol–water partition coefficient (Wildman–Crippen LogP) is 1.50. The molecule has 1 unspecified atom stereocenters. The Morgan fingerprint density at radius 1 is 1.47 bits per heavy atom. The molecule has 0 amide bonds. The number of hydrogen-bond acceptors (Lipinski definition) is 3. The van der Waals surface area contributed by atoms with E-state index in [0.29, 0.717) is 6.04 Å². The van der Waals surface area contributed by atoms with E-state index in [4.69, 9.17) is 10.5 Å². The van der Waals surface area contributed by atoms with Crippen LogP contribution >= 0.6 is 12.4 Å². The lowest BCUT2D eigenvalue weighted by Crippen LogP contribution is -2.47. The van der Waals surface area contributed by atoms with E-state index >= 15 is 0 Å². The zero-order valence-electron chi connectivity index (χ0n) is 10.2. The summed E-state index contributed by atoms with van der Waals surface area (Å²) >= 11 is 0. The minimum Gasteiger partial charge on any atom is -0.384 e. The first-order valence-electron chi connectivity index (χ1n) is 5.50. The second-order valence-corrected chi connectivity index (χ2v) is 5.23. The lowest BCUT2D eigenvalue weighted by molar-refractivity contribution is 0.0604. The van der Waals surface area contributed by atoms with Gasteiger partial charge in [-0.1, -0.05) is 13.8 Å². The maximum Gasteiger partial charge on any atom is 0.0525 e. The van der Waals surface area contributed by atoms with Crippen molar-refractivity contribution >= 4 is 12.4 Å². The van der Waals surface area contributed by atoms with Crippen LogP contribution in [0.5, 0.6) is 0 Å². The Kier molecular flexibility index (Phi) is 6.76. The van der Waals surface area contributed by atoms with Crippen LogP contribution < -0.4 is 5.73 Å². The second-order valence-electron chi connectivity index (χ2n) is 5.23. The van der Waals surface area contributed by atoms with Crippen molar-refractivity contribution in [2.75, 3.05) is 33.4 Å². The predicted molar refractivity (Wildman–Crippen MR) is 66.6 cm³/mol. The Bertz CT molecular complexity index is 176. The Labute approximate surface area is 99.7 Å². The molecule has 0 radical (unpaired) electrons. The molecule has 0 aromatic heterocycles. The smallest absolute Gasteiger partial charge is 0.0525 e. The molecule has 4 heteroatoms. The van der Waals surface area contributed by atoms with E-state index in [0.717, 1.165) is 19.7 Å². The summed E-state index contributed by atoms with van der Waals surface area (Å²) in [4.78, 5) is 2.47. The van der Waals surface area contributed by atoms with Crippen LogP contribution in [0.3, 0.4) is 0 Å². The van der Waals surface area contributed by atoms with Crippen molar-refractivity contribution in [3.05, 3.63) is 0 Å². The standard InChI is InChI=1S/C11H24N2O.ClH/c1-11(2,9-14-3)8-13-6-4-5-10(12)7-13;/h10H,4-9,12H2,1-3H3;1H. The third kappa shape index (κ3) is 5.71. The molecule has 15 heavy (non-hydrogen) atoms. The first-order valence-corrected chi connectivity index (χ1v) is 5.50. The quantitative estimate of drug-likeness (QED) is 0.804. The molecule has 0 spiro atoms. The number of methoxy groups -OCH3 is 1. The van der Waals surface area contributed by atoms with Gasteiger partial charge in [-0.2, -0.15) is 0 Å². The molecule has 1 atom stereocenters. The molecular formula is C11H25ClN2O. The molecule has 92 valence electrons. The Hall–Kier alpha value is 0.170. The van der Waals surface area contributed by atoms with Crippen molar-refractivity contribution in [3.63, 3.8) is 0 Å². The maximum atomic E-state index is 5.95. The summed E-state index contributed by atoms with van der Waals surface area (Å²) in [6.07, 6.45) is 2.42. The SMILES string of the molecule is COCC(C)(C)CN1CCCC(N)C1.Cl. The van der Waals surface area contributed by atoms with Crippen molar-refractivity contribution in [3.8, 4) is 0 Å². The van der Waals surface area contributed by atoms with Gasteiger partial charge in [0, 0.05) is 31.7 Å². The van der Waals surface area contributed by atoms with Crippen molar-refractivity contribution in [1.82, 2.24) is 4.90 Å². The summed E-state index contributed by atoms with van der Waals surface area (Å²) < 4.78 is 5.22. The highest BCUT2D eigenvalue weighted by Gasteiger charge is 2.24. The van der Waals surface area contributed by atoms with Crippen LogP contribution in [0, 0.1) is 5.41 Å². The van der Waals surface area contributed by atoms with E-state index in [1.807, 2.05) is 0 Å². The van der Waals surface area contributed by atoms with Crippen LogP contribution in [0.2, 0.25) is 0 Å². The zero-order chi connectivity index (χ0) is 10.6. The number of nitrogens with zero attached hydrogens (tertiary/aromatic N) is 1. The average molecular weight is 237 g/mol. The van der Waals surface area contributed by atoms with Gasteiger partial charge in [0.05, 0.1) is 6.61 Å². The van der Waals surface area contributed by atoms with Crippen molar-refractivity contribution in [2.45, 2.75) is 32.7 Å². The first-order chi connectivity index (χ1) is 6.53. The average Bonchev–Trinajstić information content (AvgIpc) is 2.02. The van der Waals surface area contributed by atoms with Crippen molar-refractivity contribution in [1.29, 1.82) is 0 Å². The second kappa shape index (κ2) is 6.69. The number of ether oxygens (including phenoxy) is 1. The Morgan fingerprint density at radius 2 is 2.13 bits per heavy atom. The van der Waals surface area contributed by atoms with Crippen LogP contribution in [0.4, 0.5) is 0 Å². The normalized spacial score (nSPS) is 23.6. The van der Waals surface area contributed by atoms with Gasteiger partial charge in [0.25, 0.3) is 0 Å². The summed E-state index contributed by atoms with van der Waals surface area (Å²) in [6, 6.07) is 0.377. The third-order valence-electron chi connectivity index (χ3n) is 2.73. The van der Waals surface area contributed by atoms with Crippen molar-refractivity contribution < 1.29 is 4.74 Å². The number of piperidine rings is 1. The van der Waals surface area contributed by atoms with E-state index in [1.165, 1.54) is 19.4 Å². The number of halogens is 1. The maximum absolute atomic E-state index is 5.95. The molecule has 1 aliphatic heterocycles. The lowest BCUT2D eigenvalue weighted by Gasteiger charge is -2.36. The van der Waals surface area contributed by atoms with Gasteiger partial charge in [-0.25, -0.2) is 0 Å². The van der Waals surface area contributed by atoms with E-state index in [9.17, 15) is 0 Å². The first kappa shape index (κ1) is 15.2. The van der Waals surface area contributed by atoms with E-state index in [1.54, 1.807) is 7.11 Å². The summed E-state index contributed by atoms with van der Waals surface area (Å²) in [6.45, 7) is 8.65. The van der Waals surface area contributed by atoms with Gasteiger partial charge in [0.2, 0.25) is 0 Å². The molecule has 0 aromatic rings. The van der Waals surface area contributed by atoms with Crippen LogP contribution in [0.25, 0.3) is 0 Å². The molecule has 1 fully saturated rings. The van der Waals surface area contributed by atoms with Crippen LogP contribution in [0.1, 0.15) is 26.7 Å². The van der Waals surface area contributed by atoms with E-state index in [2.05, 4.69) is 18.7 Å². The molecule has 3 nitrogen and oxygen atoms in total. The molecule has 0 saturated carbocycles. The fourth-order valence-electron chi connectivity index (χ4n) is 2.28. The van der Waals surface area contributed by atoms with Crippen LogP contribution in [-0.2, 0) is 4.74 Å². The molecule has 1 heterocycles. The molecular weight excluding hydrogens is 212 g/mol. The highest BCUT2D eigenvalue weighted by Crippen LogP contribution is 2.19. The van der Waals surface area contributed by atoms with Gasteiger partial charge < -0.3 is 15.4 Å². The minimum atomic E-state index is 0. The Balaban J connectivity index is 0.00000196. The number of hydrogen-bond donors (Lipinski definition) is 1. The number of nitrogens with two attached hydrogens (primary N) is 1. The third-order valence-corrected chi connectivity index (χ3v) is 2.73. The molecule has 1 saturated heterocycles. The minimum absolute atomic E-state index is 0. The highest BCUT2D eigenvalue weighted by molar-refractivity contribution is 5.85. The Morgan fingerprint density at radius 3 is 2.67 bits per heavy atom. The lowest BCUT2D eigenvalue weighted by atomic mass is 9.92. The molecule has 1 aliphatic rings. The topological polar surface area (TPSA) is 38.5 Å². The highest BCUT2D eigenvalue weighted by atomic mass is 35.5. The summed E-state index contributed by atoms with van der Waals surface area (Å²) in [5.74, 6) is 0. The summed E-state index contributed by atoms with van der Waals surface area (Å²) in [5.41, 5.74) is 6.19. The number of likely N-dealkylation sites (tertiary alicyclic amines) is 1. The van der Waals surface area contributed by atoms with Gasteiger partial charge in [-0.15, -0.1) is 12.4 Å². The zero-order valence-corrected chi connectivity index (χ0v) is 11.0. The van der Waals surface area contributed by atoms with E-state index in [-0.39, 0.29) is 17.8 Å². The molecule has 1 rings (SSSR count). The molecule has 2 N–H and O–H groups in total.